The van der Waals surface area contributed by atoms with Gasteiger partial charge in [-0.1, -0.05) is 106 Å². The third kappa shape index (κ3) is 5.42. The van der Waals surface area contributed by atoms with Crippen molar-refractivity contribution >= 4 is 65.0 Å². The van der Waals surface area contributed by atoms with Crippen molar-refractivity contribution in [2.45, 2.75) is 26.2 Å². The first-order chi connectivity index (χ1) is 22.8. The monoisotopic (exact) mass is 644 g/mol. The SMILES string of the molecule is CC(C)(C)c1ccc(O)c(C=Nc2ccccc2-c2nc3c(-c4ccccc4)cc(-c4cccc5c4sc4ccccc45)cc3s2)c1. The molecule has 0 amide bonds. The largest absolute Gasteiger partial charge is 0.507 e. The zero-order valence-electron chi connectivity index (χ0n) is 26.4. The Bertz CT molecular complexity index is 2460. The number of nitrogens with zero attached hydrogens (tertiary/aromatic N) is 2. The standard InChI is InChI=1S/C42H32N2OS2/c1-42(2,3)29-20-21-36(45)28(22-29)25-43-35-18-9-7-15-33(35)41-44-39-34(26-12-5-4-6-13-26)23-27(24-38(39)47-41)30-16-11-17-32-31-14-8-10-19-37(31)46-40(30)32/h4-25,45H,1-3H3. The molecule has 0 unspecified atom stereocenters. The molecule has 0 fully saturated rings. The smallest absolute Gasteiger partial charge is 0.126 e. The second-order valence-electron chi connectivity index (χ2n) is 12.8. The zero-order valence-corrected chi connectivity index (χ0v) is 28.0. The predicted molar refractivity (Wildman–Crippen MR) is 203 cm³/mol. The van der Waals surface area contributed by atoms with Crippen LogP contribution in [0.3, 0.4) is 0 Å². The molecule has 1 N–H and O–H groups in total. The van der Waals surface area contributed by atoms with Crippen LogP contribution in [0.2, 0.25) is 0 Å². The van der Waals surface area contributed by atoms with E-state index in [1.807, 2.05) is 41.7 Å². The van der Waals surface area contributed by atoms with Gasteiger partial charge >= 0.3 is 0 Å². The number of aromatic hydroxyl groups is 1. The Kier molecular flexibility index (Phi) is 7.24. The summed E-state index contributed by atoms with van der Waals surface area (Å²) < 4.78 is 3.73. The first-order valence-corrected chi connectivity index (χ1v) is 17.3. The van der Waals surface area contributed by atoms with Crippen molar-refractivity contribution in [1.82, 2.24) is 4.98 Å². The third-order valence-corrected chi connectivity index (χ3v) is 10.9. The van der Waals surface area contributed by atoms with Crippen molar-refractivity contribution in [3.8, 4) is 38.6 Å². The van der Waals surface area contributed by atoms with Crippen molar-refractivity contribution in [2.24, 2.45) is 4.99 Å². The van der Waals surface area contributed by atoms with Gasteiger partial charge in [0.25, 0.3) is 0 Å². The Labute approximate surface area is 282 Å². The normalized spacial score (nSPS) is 12.1. The van der Waals surface area contributed by atoms with Gasteiger partial charge in [0.1, 0.15) is 10.8 Å². The summed E-state index contributed by atoms with van der Waals surface area (Å²) in [5.41, 5.74) is 9.24. The number of aromatic nitrogens is 1. The highest BCUT2D eigenvalue weighted by molar-refractivity contribution is 7.26. The van der Waals surface area contributed by atoms with Crippen LogP contribution < -0.4 is 0 Å². The molecule has 5 heteroatoms. The van der Waals surface area contributed by atoms with Gasteiger partial charge in [-0.15, -0.1) is 22.7 Å². The van der Waals surface area contributed by atoms with Gasteiger partial charge in [-0.2, -0.15) is 0 Å². The fourth-order valence-electron chi connectivity index (χ4n) is 6.14. The van der Waals surface area contributed by atoms with Crippen LogP contribution in [-0.4, -0.2) is 16.3 Å². The van der Waals surface area contributed by atoms with Crippen LogP contribution in [0, 0.1) is 0 Å². The lowest BCUT2D eigenvalue weighted by Crippen LogP contribution is -2.11. The highest BCUT2D eigenvalue weighted by Gasteiger charge is 2.18. The minimum absolute atomic E-state index is 0.0347. The maximum absolute atomic E-state index is 10.6. The van der Waals surface area contributed by atoms with Crippen LogP contribution in [0.25, 0.3) is 63.2 Å². The van der Waals surface area contributed by atoms with Crippen LogP contribution in [0.1, 0.15) is 31.9 Å². The van der Waals surface area contributed by atoms with Crippen molar-refractivity contribution in [3.63, 3.8) is 0 Å². The number of phenolic OH excluding ortho intramolecular Hbond substituents is 1. The highest BCUT2D eigenvalue weighted by Crippen LogP contribution is 2.45. The molecule has 0 spiro atoms. The maximum Gasteiger partial charge on any atom is 0.126 e. The number of para-hydroxylation sites is 1. The zero-order chi connectivity index (χ0) is 32.1. The Morgan fingerprint density at radius 1 is 0.638 bits per heavy atom. The topological polar surface area (TPSA) is 45.5 Å². The van der Waals surface area contributed by atoms with Gasteiger partial charge in [0, 0.05) is 43.1 Å². The van der Waals surface area contributed by atoms with E-state index in [0.29, 0.717) is 5.56 Å². The van der Waals surface area contributed by atoms with E-state index in [9.17, 15) is 5.11 Å². The fourth-order valence-corrected chi connectivity index (χ4v) is 8.45. The van der Waals surface area contributed by atoms with Gasteiger partial charge in [0.15, 0.2) is 0 Å². The predicted octanol–water partition coefficient (Wildman–Crippen LogP) is 12.4. The molecule has 0 aliphatic rings. The van der Waals surface area contributed by atoms with E-state index in [4.69, 9.17) is 9.98 Å². The molecule has 8 aromatic rings. The molecule has 8 rings (SSSR count). The molecule has 2 heterocycles. The van der Waals surface area contributed by atoms with E-state index in [-0.39, 0.29) is 11.2 Å². The van der Waals surface area contributed by atoms with Crippen molar-refractivity contribution in [1.29, 1.82) is 0 Å². The Morgan fingerprint density at radius 2 is 1.38 bits per heavy atom. The van der Waals surface area contributed by atoms with Gasteiger partial charge in [-0.05, 0) is 70.1 Å². The number of benzene rings is 6. The summed E-state index contributed by atoms with van der Waals surface area (Å²) in [6.07, 6.45) is 1.76. The summed E-state index contributed by atoms with van der Waals surface area (Å²) in [5.74, 6) is 0.216. The van der Waals surface area contributed by atoms with Gasteiger partial charge in [-0.3, -0.25) is 4.99 Å². The molecule has 228 valence electrons. The lowest BCUT2D eigenvalue weighted by Gasteiger charge is -2.19. The van der Waals surface area contributed by atoms with E-state index in [2.05, 4.69) is 112 Å². The highest BCUT2D eigenvalue weighted by atomic mass is 32.1. The van der Waals surface area contributed by atoms with Crippen molar-refractivity contribution < 1.29 is 5.11 Å². The van der Waals surface area contributed by atoms with E-state index < -0.39 is 0 Å². The minimum Gasteiger partial charge on any atom is -0.507 e. The van der Waals surface area contributed by atoms with Gasteiger partial charge < -0.3 is 5.11 Å². The molecule has 0 saturated heterocycles. The molecule has 0 saturated carbocycles. The van der Waals surface area contributed by atoms with E-state index in [1.165, 1.54) is 31.3 Å². The van der Waals surface area contributed by atoms with Crippen LogP contribution in [0.4, 0.5) is 5.69 Å². The van der Waals surface area contributed by atoms with E-state index in [1.54, 1.807) is 23.6 Å². The van der Waals surface area contributed by atoms with Gasteiger partial charge in [-0.25, -0.2) is 4.98 Å². The quantitative estimate of drug-likeness (QED) is 0.190. The van der Waals surface area contributed by atoms with Crippen LogP contribution in [0.5, 0.6) is 5.75 Å². The molecule has 0 radical (unpaired) electrons. The fraction of sp³-hybridized carbons (Fsp3) is 0.0952. The molecule has 0 bridgehead atoms. The number of aliphatic imine (C=N–C) groups is 1. The molecular formula is C42H32N2OS2. The Hall–Kier alpha value is -5.10. The molecule has 0 aliphatic heterocycles. The van der Waals surface area contributed by atoms with Crippen molar-refractivity contribution in [3.05, 3.63) is 139 Å². The van der Waals surface area contributed by atoms with Gasteiger partial charge in [0.05, 0.1) is 15.9 Å². The average Bonchev–Trinajstić information content (AvgIpc) is 3.69. The summed E-state index contributed by atoms with van der Waals surface area (Å²) in [7, 11) is 0. The second kappa shape index (κ2) is 11.6. The first kappa shape index (κ1) is 29.3. The molecule has 0 atom stereocenters. The third-order valence-electron chi connectivity index (χ3n) is 8.67. The number of rotatable bonds is 5. The van der Waals surface area contributed by atoms with Crippen LogP contribution >= 0.6 is 22.7 Å². The number of hydrogen-bond donors (Lipinski definition) is 1. The number of hydrogen-bond acceptors (Lipinski definition) is 5. The number of thiophene rings is 1. The van der Waals surface area contributed by atoms with Crippen LogP contribution in [-0.2, 0) is 5.41 Å². The van der Waals surface area contributed by atoms with Gasteiger partial charge in [0.2, 0.25) is 0 Å². The summed E-state index contributed by atoms with van der Waals surface area (Å²) in [5, 5.41) is 14.1. The summed E-state index contributed by atoms with van der Waals surface area (Å²) >= 11 is 3.55. The number of phenols is 1. The lowest BCUT2D eigenvalue weighted by molar-refractivity contribution is 0.473. The van der Waals surface area contributed by atoms with Crippen LogP contribution in [0.15, 0.2) is 132 Å². The molecule has 47 heavy (non-hydrogen) atoms. The molecule has 6 aromatic carbocycles. The summed E-state index contributed by atoms with van der Waals surface area (Å²) in [6.45, 7) is 6.50. The molecule has 3 nitrogen and oxygen atoms in total. The average molecular weight is 645 g/mol. The summed E-state index contributed by atoms with van der Waals surface area (Å²) in [4.78, 5) is 10.2. The molecule has 2 aromatic heterocycles. The Morgan fingerprint density at radius 3 is 2.23 bits per heavy atom. The van der Waals surface area contributed by atoms with E-state index >= 15 is 0 Å². The lowest BCUT2D eigenvalue weighted by atomic mass is 9.86. The molecule has 0 aliphatic carbocycles. The minimum atomic E-state index is -0.0347. The Balaban J connectivity index is 1.28. The summed E-state index contributed by atoms with van der Waals surface area (Å²) in [6, 6.07) is 44.3. The van der Waals surface area contributed by atoms with E-state index in [0.717, 1.165) is 43.2 Å². The first-order valence-electron chi connectivity index (χ1n) is 15.7. The number of fused-ring (bicyclic) bond motifs is 4. The maximum atomic E-state index is 10.6. The molecular weight excluding hydrogens is 613 g/mol. The number of thiazole rings is 1. The van der Waals surface area contributed by atoms with Crippen molar-refractivity contribution in [2.75, 3.05) is 0 Å². The second-order valence-corrected chi connectivity index (χ2v) is 14.9.